The minimum absolute atomic E-state index is 0.293. The first-order valence-electron chi connectivity index (χ1n) is 9.06. The Bertz CT molecular complexity index is 888. The van der Waals surface area contributed by atoms with Gasteiger partial charge in [0.2, 0.25) is 0 Å². The number of amides is 2. The van der Waals surface area contributed by atoms with Crippen LogP contribution in [-0.4, -0.2) is 23.8 Å². The predicted molar refractivity (Wildman–Crippen MR) is 103 cm³/mol. The van der Waals surface area contributed by atoms with Crippen LogP contribution in [0.2, 0.25) is 0 Å². The molecule has 0 radical (unpaired) electrons. The van der Waals surface area contributed by atoms with Crippen molar-refractivity contribution < 1.29 is 9.59 Å². The molecule has 1 aliphatic heterocycles. The smallest absolute Gasteiger partial charge is 0.312 e. The van der Waals surface area contributed by atoms with Gasteiger partial charge in [0, 0.05) is 12.2 Å². The van der Waals surface area contributed by atoms with Crippen molar-refractivity contribution in [3.63, 3.8) is 0 Å². The van der Waals surface area contributed by atoms with Crippen molar-refractivity contribution in [1.29, 1.82) is 5.26 Å². The second-order valence-corrected chi connectivity index (χ2v) is 6.81. The van der Waals surface area contributed by atoms with Crippen molar-refractivity contribution in [2.24, 2.45) is 0 Å². The van der Waals surface area contributed by atoms with Gasteiger partial charge in [-0.25, -0.2) is 9.78 Å². The van der Waals surface area contributed by atoms with Crippen LogP contribution >= 0.6 is 0 Å². The Balaban J connectivity index is 1.82. The number of hydrogen-bond donors (Lipinski definition) is 1. The quantitative estimate of drug-likeness (QED) is 0.491. The summed E-state index contributed by atoms with van der Waals surface area (Å²) < 4.78 is 0. The molecule has 1 aromatic heterocycles. The lowest BCUT2D eigenvalue weighted by Crippen LogP contribution is -2.43. The third-order valence-corrected chi connectivity index (χ3v) is 4.76. The average Bonchev–Trinajstić information content (AvgIpc) is 3.52. The van der Waals surface area contributed by atoms with Gasteiger partial charge in [-0.2, -0.15) is 5.26 Å². The Morgan fingerprint density at radius 3 is 2.85 bits per heavy atom. The number of pyridine rings is 1. The second-order valence-electron chi connectivity index (χ2n) is 6.81. The van der Waals surface area contributed by atoms with Crippen molar-refractivity contribution in [2.75, 3.05) is 11.4 Å². The molecule has 1 aliphatic carbocycles. The topological polar surface area (TPSA) is 86.1 Å². The number of carbonyl (C=O) groups is 2. The molecule has 2 amide bonds. The molecule has 1 fully saturated rings. The number of rotatable bonds is 5. The highest BCUT2D eigenvalue weighted by Crippen LogP contribution is 2.42. The van der Waals surface area contributed by atoms with Gasteiger partial charge in [0.05, 0.1) is 11.6 Å². The number of aryl methyl sites for hydroxylation is 1. The number of carbonyl (C=O) groups excluding carboxylic acids is 2. The Morgan fingerprint density at radius 2 is 2.22 bits per heavy atom. The van der Waals surface area contributed by atoms with E-state index in [2.05, 4.69) is 22.9 Å². The normalized spacial score (nSPS) is 17.0. The maximum atomic E-state index is 12.7. The molecule has 0 spiro atoms. The summed E-state index contributed by atoms with van der Waals surface area (Å²) in [4.78, 5) is 30.3. The molecule has 3 rings (SSSR count). The van der Waals surface area contributed by atoms with E-state index in [1.807, 2.05) is 6.07 Å². The molecular weight excluding hydrogens is 340 g/mol. The molecule has 1 N–H and O–H groups in total. The molecule has 2 aliphatic rings. The van der Waals surface area contributed by atoms with Crippen LogP contribution in [0.5, 0.6) is 0 Å². The summed E-state index contributed by atoms with van der Waals surface area (Å²) in [6, 6.07) is 3.76. The second kappa shape index (κ2) is 8.00. The number of aromatic nitrogens is 1. The zero-order valence-electron chi connectivity index (χ0n) is 15.4. The molecule has 1 aromatic rings. The molecule has 138 valence electrons. The molecule has 0 saturated heterocycles. The molecule has 27 heavy (non-hydrogen) atoms. The molecule has 6 heteroatoms. The zero-order valence-corrected chi connectivity index (χ0v) is 15.4. The summed E-state index contributed by atoms with van der Waals surface area (Å²) in [7, 11) is 0. The average molecular weight is 362 g/mol. The van der Waals surface area contributed by atoms with Crippen LogP contribution in [0, 0.1) is 11.3 Å². The summed E-state index contributed by atoms with van der Waals surface area (Å²) in [5, 5.41) is 11.7. The van der Waals surface area contributed by atoms with Crippen LogP contribution in [-0.2, 0) is 6.42 Å². The summed E-state index contributed by atoms with van der Waals surface area (Å²) in [5.41, 5.74) is 3.49. The first-order valence-corrected chi connectivity index (χ1v) is 9.06. The molecule has 0 aromatic carbocycles. The highest BCUT2D eigenvalue weighted by Gasteiger charge is 2.31. The Kier molecular flexibility index (Phi) is 5.51. The summed E-state index contributed by atoms with van der Waals surface area (Å²) >= 11 is 0. The SMILES string of the molecule is C=C/C(C#N)=C\C=C(/C)NC(=O)N1CCCc2cc(C3CC3)c(C=O)nc21. The van der Waals surface area contributed by atoms with E-state index in [4.69, 9.17) is 5.26 Å². The van der Waals surface area contributed by atoms with Crippen molar-refractivity contribution in [3.05, 3.63) is 59.0 Å². The van der Waals surface area contributed by atoms with Crippen LogP contribution in [0.4, 0.5) is 10.6 Å². The highest BCUT2D eigenvalue weighted by molar-refractivity contribution is 5.94. The van der Waals surface area contributed by atoms with E-state index >= 15 is 0 Å². The summed E-state index contributed by atoms with van der Waals surface area (Å²) in [6.45, 7) is 5.85. The van der Waals surface area contributed by atoms with Gasteiger partial charge in [-0.3, -0.25) is 9.69 Å². The molecule has 1 saturated carbocycles. The Hall–Kier alpha value is -3.20. The molecule has 0 unspecified atom stereocenters. The van der Waals surface area contributed by atoms with E-state index in [1.54, 1.807) is 24.0 Å². The largest absolute Gasteiger partial charge is 0.327 e. The zero-order chi connectivity index (χ0) is 19.4. The number of nitrogens with zero attached hydrogens (tertiary/aromatic N) is 3. The number of aldehydes is 1. The van der Waals surface area contributed by atoms with Gasteiger partial charge in [0.25, 0.3) is 0 Å². The van der Waals surface area contributed by atoms with E-state index in [0.717, 1.165) is 43.1 Å². The minimum atomic E-state index is -0.293. The van der Waals surface area contributed by atoms with Gasteiger partial charge in [-0.15, -0.1) is 0 Å². The predicted octanol–water partition coefficient (Wildman–Crippen LogP) is 3.77. The van der Waals surface area contributed by atoms with Gasteiger partial charge < -0.3 is 5.32 Å². The van der Waals surface area contributed by atoms with E-state index in [-0.39, 0.29) is 6.03 Å². The fourth-order valence-electron chi connectivity index (χ4n) is 3.18. The number of allylic oxidation sites excluding steroid dienone is 5. The number of nitriles is 1. The van der Waals surface area contributed by atoms with Gasteiger partial charge in [0.15, 0.2) is 6.29 Å². The van der Waals surface area contributed by atoms with Crippen LogP contribution in [0.1, 0.15) is 53.7 Å². The number of fused-ring (bicyclic) bond motifs is 1. The molecular formula is C21H22N4O2. The van der Waals surface area contributed by atoms with Gasteiger partial charge in [-0.1, -0.05) is 12.7 Å². The van der Waals surface area contributed by atoms with Crippen molar-refractivity contribution in [2.45, 2.75) is 38.5 Å². The summed E-state index contributed by atoms with van der Waals surface area (Å²) in [6.07, 6.45) is 9.39. The van der Waals surface area contributed by atoms with Gasteiger partial charge in [0.1, 0.15) is 11.5 Å². The van der Waals surface area contributed by atoms with Crippen LogP contribution in [0.3, 0.4) is 0 Å². The maximum absolute atomic E-state index is 12.7. The van der Waals surface area contributed by atoms with E-state index < -0.39 is 0 Å². The molecule has 6 nitrogen and oxygen atoms in total. The molecule has 0 bridgehead atoms. The fourth-order valence-corrected chi connectivity index (χ4v) is 3.18. The van der Waals surface area contributed by atoms with E-state index in [0.29, 0.717) is 35.2 Å². The number of urea groups is 1. The number of hydrogen-bond acceptors (Lipinski definition) is 4. The highest BCUT2D eigenvalue weighted by atomic mass is 16.2. The standard InChI is InChI=1S/C21H22N4O2/c1-3-15(12-22)7-6-14(2)23-21(27)25-10-4-5-17-11-18(16-8-9-16)19(13-26)24-20(17)25/h3,6-7,11,13,16H,1,4-5,8-10H2,2H3,(H,23,27)/b14-6+,15-7+. The lowest BCUT2D eigenvalue weighted by molar-refractivity contribution is 0.111. The van der Waals surface area contributed by atoms with Gasteiger partial charge >= 0.3 is 6.03 Å². The lowest BCUT2D eigenvalue weighted by Gasteiger charge is -2.29. The first kappa shape index (κ1) is 18.6. The monoisotopic (exact) mass is 362 g/mol. The third kappa shape index (κ3) is 4.14. The molecule has 2 heterocycles. The minimum Gasteiger partial charge on any atom is -0.312 e. The van der Waals surface area contributed by atoms with E-state index in [1.165, 1.54) is 6.08 Å². The third-order valence-electron chi connectivity index (χ3n) is 4.76. The Labute approximate surface area is 158 Å². The number of nitrogens with one attached hydrogen (secondary N) is 1. The van der Waals surface area contributed by atoms with Crippen molar-refractivity contribution >= 4 is 18.1 Å². The fraction of sp³-hybridized carbons (Fsp3) is 0.333. The summed E-state index contributed by atoms with van der Waals surface area (Å²) in [5.74, 6) is 1.00. The number of anilines is 1. The van der Waals surface area contributed by atoms with Gasteiger partial charge in [-0.05, 0) is 67.9 Å². The molecule has 0 atom stereocenters. The Morgan fingerprint density at radius 1 is 1.44 bits per heavy atom. The van der Waals surface area contributed by atoms with Crippen molar-refractivity contribution in [3.8, 4) is 6.07 Å². The lowest BCUT2D eigenvalue weighted by atomic mass is 10.00. The van der Waals surface area contributed by atoms with E-state index in [9.17, 15) is 9.59 Å². The van der Waals surface area contributed by atoms with Crippen molar-refractivity contribution in [1.82, 2.24) is 10.3 Å². The maximum Gasteiger partial charge on any atom is 0.327 e. The van der Waals surface area contributed by atoms with Crippen LogP contribution in [0.25, 0.3) is 0 Å². The van der Waals surface area contributed by atoms with Crippen LogP contribution in [0.15, 0.2) is 42.1 Å². The van der Waals surface area contributed by atoms with Crippen LogP contribution < -0.4 is 10.2 Å². The first-order chi connectivity index (χ1) is 13.1.